The van der Waals surface area contributed by atoms with E-state index in [-0.39, 0.29) is 6.61 Å². The molecule has 0 amide bonds. The minimum atomic E-state index is -0.453. The van der Waals surface area contributed by atoms with Crippen LogP contribution in [0.3, 0.4) is 0 Å². The average molecular weight is 329 g/mol. The van der Waals surface area contributed by atoms with Crippen LogP contribution in [0.5, 0.6) is 11.5 Å². The normalized spacial score (nSPS) is 16.1. The number of aromatic nitrogens is 2. The van der Waals surface area contributed by atoms with E-state index in [0.717, 1.165) is 37.7 Å². The third-order valence-electron chi connectivity index (χ3n) is 4.37. The second-order valence-electron chi connectivity index (χ2n) is 6.14. The smallest absolute Gasteiger partial charge is 0.264 e. The summed E-state index contributed by atoms with van der Waals surface area (Å²) in [5, 5.41) is 4.03. The van der Waals surface area contributed by atoms with Gasteiger partial charge in [0.15, 0.2) is 23.9 Å². The average Bonchev–Trinajstić information content (AvgIpc) is 3.24. The lowest BCUT2D eigenvalue weighted by atomic mass is 9.99. The van der Waals surface area contributed by atoms with Crippen LogP contribution in [-0.2, 0) is 18.6 Å². The molecule has 1 aromatic carbocycles. The molecule has 0 radical (unpaired) electrons. The van der Waals surface area contributed by atoms with Crippen molar-refractivity contribution < 1.29 is 14.0 Å². The van der Waals surface area contributed by atoms with Gasteiger partial charge in [0, 0.05) is 0 Å². The number of nitrogens with zero attached hydrogens (tertiary/aromatic N) is 2. The molecule has 6 heteroatoms. The number of hydrogen-bond donors (Lipinski definition) is 1. The van der Waals surface area contributed by atoms with Crippen LogP contribution in [0.4, 0.5) is 0 Å². The summed E-state index contributed by atoms with van der Waals surface area (Å²) < 4.78 is 16.4. The van der Waals surface area contributed by atoms with Gasteiger partial charge in [-0.3, -0.25) is 0 Å². The Labute approximate surface area is 141 Å². The molecule has 0 atom stereocenters. The van der Waals surface area contributed by atoms with Crippen LogP contribution >= 0.6 is 0 Å². The van der Waals surface area contributed by atoms with Crippen LogP contribution < -0.4 is 15.2 Å². The van der Waals surface area contributed by atoms with E-state index in [1.165, 1.54) is 0 Å². The first kappa shape index (κ1) is 16.5. The van der Waals surface area contributed by atoms with Crippen molar-refractivity contribution >= 4 is 0 Å². The van der Waals surface area contributed by atoms with Crippen molar-refractivity contribution in [3.63, 3.8) is 0 Å². The number of ether oxygens (including phenoxy) is 2. The lowest BCUT2D eigenvalue weighted by molar-refractivity contribution is 0.232. The maximum absolute atomic E-state index is 6.34. The summed E-state index contributed by atoms with van der Waals surface area (Å²) in [7, 11) is 1.61. The van der Waals surface area contributed by atoms with Crippen molar-refractivity contribution in [1.29, 1.82) is 0 Å². The van der Waals surface area contributed by atoms with Crippen molar-refractivity contribution in [2.24, 2.45) is 5.73 Å². The summed E-state index contributed by atoms with van der Waals surface area (Å²) in [6.07, 6.45) is 6.62. The van der Waals surface area contributed by atoms with Crippen molar-refractivity contribution in [1.82, 2.24) is 10.1 Å². The number of nitrogens with two attached hydrogens (primary N) is 1. The van der Waals surface area contributed by atoms with E-state index in [4.69, 9.17) is 19.7 Å². The Balaban J connectivity index is 1.67. The van der Waals surface area contributed by atoms with Crippen molar-refractivity contribution in [3.8, 4) is 11.5 Å². The standard InChI is InChI=1S/C18H23N3O3/c1-3-6-13-7-8-14(15(11-13)22-2)23-12-16-20-17(21-24-16)18(19)9-4-5-10-18/h3,7-8,11H,1,4-6,9-10,12,19H2,2H3. The molecular formula is C18H23N3O3. The quantitative estimate of drug-likeness (QED) is 0.786. The van der Waals surface area contributed by atoms with Gasteiger partial charge >= 0.3 is 0 Å². The highest BCUT2D eigenvalue weighted by Crippen LogP contribution is 2.34. The van der Waals surface area contributed by atoms with E-state index in [2.05, 4.69) is 16.7 Å². The Morgan fingerprint density at radius 1 is 1.33 bits per heavy atom. The summed E-state index contributed by atoms with van der Waals surface area (Å²) in [5.74, 6) is 2.29. The molecule has 1 aliphatic rings. The largest absolute Gasteiger partial charge is 0.493 e. The molecule has 1 heterocycles. The second-order valence-corrected chi connectivity index (χ2v) is 6.14. The first-order chi connectivity index (χ1) is 11.6. The molecular weight excluding hydrogens is 306 g/mol. The monoisotopic (exact) mass is 329 g/mol. The summed E-state index contributed by atoms with van der Waals surface area (Å²) >= 11 is 0. The van der Waals surface area contributed by atoms with Gasteiger partial charge in [-0.15, -0.1) is 6.58 Å². The van der Waals surface area contributed by atoms with Crippen LogP contribution in [0.25, 0.3) is 0 Å². The Kier molecular flexibility index (Phi) is 4.85. The van der Waals surface area contributed by atoms with Gasteiger partial charge in [-0.05, 0) is 37.0 Å². The van der Waals surface area contributed by atoms with Gasteiger partial charge in [0.25, 0.3) is 5.89 Å². The molecule has 1 aliphatic carbocycles. The fourth-order valence-electron chi connectivity index (χ4n) is 3.01. The highest BCUT2D eigenvalue weighted by atomic mass is 16.5. The number of methoxy groups -OCH3 is 1. The third-order valence-corrected chi connectivity index (χ3v) is 4.37. The number of benzene rings is 1. The molecule has 0 bridgehead atoms. The van der Waals surface area contributed by atoms with Crippen LogP contribution in [0.2, 0.25) is 0 Å². The predicted molar refractivity (Wildman–Crippen MR) is 89.9 cm³/mol. The molecule has 0 aliphatic heterocycles. The maximum Gasteiger partial charge on any atom is 0.264 e. The van der Waals surface area contributed by atoms with Gasteiger partial charge in [-0.2, -0.15) is 4.98 Å². The highest BCUT2D eigenvalue weighted by molar-refractivity contribution is 5.43. The van der Waals surface area contributed by atoms with Crippen LogP contribution in [0.15, 0.2) is 35.4 Å². The molecule has 6 nitrogen and oxygen atoms in total. The molecule has 1 saturated carbocycles. The Morgan fingerprint density at radius 2 is 2.12 bits per heavy atom. The molecule has 0 spiro atoms. The zero-order valence-electron chi connectivity index (χ0n) is 14.0. The first-order valence-electron chi connectivity index (χ1n) is 8.17. The summed E-state index contributed by atoms with van der Waals surface area (Å²) in [6.45, 7) is 3.92. The van der Waals surface area contributed by atoms with E-state index >= 15 is 0 Å². The van der Waals surface area contributed by atoms with E-state index in [0.29, 0.717) is 23.2 Å². The molecule has 2 N–H and O–H groups in total. The second kappa shape index (κ2) is 7.05. The minimum Gasteiger partial charge on any atom is -0.493 e. The summed E-state index contributed by atoms with van der Waals surface area (Å²) in [5.41, 5.74) is 7.00. The molecule has 1 fully saturated rings. The first-order valence-corrected chi connectivity index (χ1v) is 8.17. The van der Waals surface area contributed by atoms with Gasteiger partial charge in [0.2, 0.25) is 0 Å². The van der Waals surface area contributed by atoms with Crippen LogP contribution in [-0.4, -0.2) is 17.3 Å². The predicted octanol–water partition coefficient (Wildman–Crippen LogP) is 3.11. The van der Waals surface area contributed by atoms with Crippen molar-refractivity contribution in [2.45, 2.75) is 44.2 Å². The number of rotatable bonds is 7. The third kappa shape index (κ3) is 3.43. The van der Waals surface area contributed by atoms with Crippen LogP contribution in [0.1, 0.15) is 43.0 Å². The molecule has 0 saturated heterocycles. The lowest BCUT2D eigenvalue weighted by Crippen LogP contribution is -2.34. The maximum atomic E-state index is 6.34. The van der Waals surface area contributed by atoms with E-state index in [1.54, 1.807) is 7.11 Å². The van der Waals surface area contributed by atoms with Crippen LogP contribution in [0, 0.1) is 0 Å². The fraction of sp³-hybridized carbons (Fsp3) is 0.444. The Bertz CT molecular complexity index is 705. The Morgan fingerprint density at radius 3 is 2.83 bits per heavy atom. The van der Waals surface area contributed by atoms with Crippen molar-refractivity contribution in [2.75, 3.05) is 7.11 Å². The molecule has 1 aromatic heterocycles. The van der Waals surface area contributed by atoms with Gasteiger partial charge in [-0.1, -0.05) is 30.1 Å². The minimum absolute atomic E-state index is 0.181. The van der Waals surface area contributed by atoms with Gasteiger partial charge in [-0.25, -0.2) is 0 Å². The highest BCUT2D eigenvalue weighted by Gasteiger charge is 2.35. The fourth-order valence-corrected chi connectivity index (χ4v) is 3.01. The van der Waals surface area contributed by atoms with Crippen molar-refractivity contribution in [3.05, 3.63) is 48.1 Å². The topological polar surface area (TPSA) is 83.4 Å². The SMILES string of the molecule is C=CCc1ccc(OCc2nc(C3(N)CCCC3)no2)c(OC)c1. The molecule has 2 aromatic rings. The summed E-state index contributed by atoms with van der Waals surface area (Å²) in [6, 6.07) is 5.78. The Hall–Kier alpha value is -2.34. The van der Waals surface area contributed by atoms with E-state index in [9.17, 15) is 0 Å². The number of allylic oxidation sites excluding steroid dienone is 1. The number of hydrogen-bond acceptors (Lipinski definition) is 6. The zero-order chi connectivity index (χ0) is 17.0. The van der Waals surface area contributed by atoms with Gasteiger partial charge in [0.1, 0.15) is 0 Å². The molecule has 24 heavy (non-hydrogen) atoms. The molecule has 128 valence electrons. The summed E-state index contributed by atoms with van der Waals surface area (Å²) in [4.78, 5) is 4.40. The molecule has 3 rings (SSSR count). The zero-order valence-corrected chi connectivity index (χ0v) is 14.0. The van der Waals surface area contributed by atoms with Gasteiger partial charge < -0.3 is 19.7 Å². The van der Waals surface area contributed by atoms with E-state index < -0.39 is 5.54 Å². The molecule has 0 unspecified atom stereocenters. The van der Waals surface area contributed by atoms with E-state index in [1.807, 2.05) is 24.3 Å². The lowest BCUT2D eigenvalue weighted by Gasteiger charge is -2.17. The van der Waals surface area contributed by atoms with Gasteiger partial charge in [0.05, 0.1) is 12.6 Å².